The summed E-state index contributed by atoms with van der Waals surface area (Å²) >= 11 is 0. The number of carbonyl (C=O) groups is 2. The van der Waals surface area contributed by atoms with Crippen molar-refractivity contribution in [2.24, 2.45) is 11.8 Å². The van der Waals surface area contributed by atoms with E-state index in [1.54, 1.807) is 0 Å². The van der Waals surface area contributed by atoms with Gasteiger partial charge in [0.2, 0.25) is 0 Å². The second kappa shape index (κ2) is 17.6. The molecule has 174 valence electrons. The summed E-state index contributed by atoms with van der Waals surface area (Å²) in [7, 11) is 3.94. The van der Waals surface area contributed by atoms with Gasteiger partial charge in [-0.3, -0.25) is 0 Å². The first kappa shape index (κ1) is 26.3. The lowest BCUT2D eigenvalue weighted by atomic mass is 9.93. The maximum atomic E-state index is 11.9. The van der Waals surface area contributed by atoms with Crippen LogP contribution in [0.5, 0.6) is 0 Å². The Morgan fingerprint density at radius 3 is 0.967 bits per heavy atom. The third-order valence-corrected chi connectivity index (χ3v) is 10.8. The minimum Gasteiger partial charge on any atom is -0.303 e. The zero-order valence-corrected chi connectivity index (χ0v) is 20.9. The predicted molar refractivity (Wildman–Crippen MR) is 134 cm³/mol. The summed E-state index contributed by atoms with van der Waals surface area (Å²) in [5.74, 6) is 0.394. The van der Waals surface area contributed by atoms with Crippen molar-refractivity contribution in [3.8, 4) is 0 Å². The topological polar surface area (TPSA) is 34.1 Å². The fourth-order valence-electron chi connectivity index (χ4n) is 5.07. The molecule has 2 fully saturated rings. The van der Waals surface area contributed by atoms with Gasteiger partial charge in [-0.1, -0.05) is 124 Å². The number of aldehydes is 2. The molecule has 2 aliphatic carbocycles. The van der Waals surface area contributed by atoms with Crippen molar-refractivity contribution in [1.29, 1.82) is 0 Å². The number of rotatable bonds is 5. The summed E-state index contributed by atoms with van der Waals surface area (Å²) in [6.45, 7) is 0. The summed E-state index contributed by atoms with van der Waals surface area (Å²) in [4.78, 5) is 23.9. The van der Waals surface area contributed by atoms with E-state index in [4.69, 9.17) is 0 Å². The second-order valence-corrected chi connectivity index (χ2v) is 12.4. The van der Waals surface area contributed by atoms with Gasteiger partial charge in [-0.2, -0.15) is 0 Å². The van der Waals surface area contributed by atoms with Crippen molar-refractivity contribution < 1.29 is 9.59 Å². The van der Waals surface area contributed by atoms with E-state index in [-0.39, 0.29) is 11.8 Å². The molecule has 0 bridgehead atoms. The highest BCUT2D eigenvalue weighted by Gasteiger charge is 2.27. The first-order valence-electron chi connectivity index (χ1n) is 13.1. The van der Waals surface area contributed by atoms with Gasteiger partial charge in [0.1, 0.15) is 12.6 Å². The molecule has 2 rings (SSSR count). The monoisotopic (exact) mass is 454 g/mol. The van der Waals surface area contributed by atoms with Gasteiger partial charge >= 0.3 is 0 Å². The van der Waals surface area contributed by atoms with Crippen molar-refractivity contribution in [1.82, 2.24) is 0 Å². The van der Waals surface area contributed by atoms with Crippen LogP contribution in [0.25, 0.3) is 0 Å². The summed E-state index contributed by atoms with van der Waals surface area (Å²) < 4.78 is 0. The van der Waals surface area contributed by atoms with E-state index in [0.717, 1.165) is 12.8 Å². The Bertz CT molecular complexity index is 403. The lowest BCUT2D eigenvalue weighted by Gasteiger charge is -2.27. The van der Waals surface area contributed by atoms with Crippen LogP contribution in [0.1, 0.15) is 128 Å². The van der Waals surface area contributed by atoms with Gasteiger partial charge in [0, 0.05) is 22.3 Å². The molecule has 0 N–H and O–H groups in total. The van der Waals surface area contributed by atoms with Crippen LogP contribution >= 0.6 is 21.6 Å². The molecular weight excluding hydrogens is 408 g/mol. The maximum absolute atomic E-state index is 11.9. The van der Waals surface area contributed by atoms with Crippen molar-refractivity contribution in [3.63, 3.8) is 0 Å². The van der Waals surface area contributed by atoms with E-state index in [2.05, 4.69) is 0 Å². The van der Waals surface area contributed by atoms with Gasteiger partial charge in [-0.15, -0.1) is 0 Å². The fraction of sp³-hybridized carbons (Fsp3) is 0.923. The molecule has 0 radical (unpaired) electrons. The highest BCUT2D eigenvalue weighted by atomic mass is 33.1. The Morgan fingerprint density at radius 2 is 0.667 bits per heavy atom. The van der Waals surface area contributed by atoms with Gasteiger partial charge in [0.05, 0.1) is 0 Å². The van der Waals surface area contributed by atoms with Crippen LogP contribution in [-0.4, -0.2) is 23.1 Å². The average Bonchev–Trinajstić information content (AvgIpc) is 2.74. The normalized spacial score (nSPS) is 31.9. The first-order valence-corrected chi connectivity index (χ1v) is 15.4. The highest BCUT2D eigenvalue weighted by molar-refractivity contribution is 8.77. The average molecular weight is 455 g/mol. The summed E-state index contributed by atoms with van der Waals surface area (Å²) in [6.07, 6.45) is 27.9. The Morgan fingerprint density at radius 1 is 0.400 bits per heavy atom. The van der Waals surface area contributed by atoms with E-state index in [1.165, 1.54) is 128 Å². The molecule has 0 heterocycles. The van der Waals surface area contributed by atoms with E-state index < -0.39 is 0 Å². The molecule has 0 aromatic carbocycles. The van der Waals surface area contributed by atoms with Gasteiger partial charge in [0.15, 0.2) is 0 Å². The molecule has 0 saturated heterocycles. The standard InChI is InChI=1S/C26H46O2S2/c27-21-23-17-13-9-5-1-3-7-11-15-19-25(23)29-30-26-20-16-12-8-4-2-6-10-14-18-24(26)22-28/h21-26H,1-20H2. The molecule has 0 aliphatic heterocycles. The Hall–Kier alpha value is 0.0400. The SMILES string of the molecule is O=CC1CCCCCCCCCCC1SSC1CCCCCCCCCCC1C=O. The largest absolute Gasteiger partial charge is 0.303 e. The van der Waals surface area contributed by atoms with Gasteiger partial charge < -0.3 is 9.59 Å². The summed E-state index contributed by atoms with van der Waals surface area (Å²) in [6, 6.07) is 0. The zero-order valence-electron chi connectivity index (χ0n) is 19.2. The fourth-order valence-corrected chi connectivity index (χ4v) is 8.85. The third kappa shape index (κ3) is 11.1. The van der Waals surface area contributed by atoms with Crippen LogP contribution in [-0.2, 0) is 9.59 Å². The second-order valence-electron chi connectivity index (χ2n) is 9.68. The molecule has 2 nitrogen and oxygen atoms in total. The van der Waals surface area contributed by atoms with Crippen molar-refractivity contribution in [2.75, 3.05) is 0 Å². The van der Waals surface area contributed by atoms with Crippen LogP contribution in [0.15, 0.2) is 0 Å². The molecule has 0 amide bonds. The van der Waals surface area contributed by atoms with Crippen molar-refractivity contribution in [3.05, 3.63) is 0 Å². The van der Waals surface area contributed by atoms with Gasteiger partial charge in [0.25, 0.3) is 0 Å². The predicted octanol–water partition coefficient (Wildman–Crippen LogP) is 8.56. The Balaban J connectivity index is 1.94. The van der Waals surface area contributed by atoms with Crippen LogP contribution in [0.3, 0.4) is 0 Å². The molecule has 4 heteroatoms. The molecule has 4 atom stereocenters. The highest BCUT2D eigenvalue weighted by Crippen LogP contribution is 2.43. The molecule has 30 heavy (non-hydrogen) atoms. The van der Waals surface area contributed by atoms with Gasteiger partial charge in [-0.05, 0) is 25.7 Å². The van der Waals surface area contributed by atoms with E-state index in [0.29, 0.717) is 10.5 Å². The molecule has 2 saturated carbocycles. The summed E-state index contributed by atoms with van der Waals surface area (Å²) in [5.41, 5.74) is 0. The van der Waals surface area contributed by atoms with E-state index in [1.807, 2.05) is 21.6 Å². The van der Waals surface area contributed by atoms with Gasteiger partial charge in [-0.25, -0.2) is 0 Å². The number of hydrogen-bond donors (Lipinski definition) is 0. The van der Waals surface area contributed by atoms with Crippen molar-refractivity contribution in [2.45, 2.75) is 139 Å². The molecular formula is C26H46O2S2. The Kier molecular flexibility index (Phi) is 15.4. The molecule has 0 spiro atoms. The third-order valence-electron chi connectivity index (χ3n) is 7.16. The molecule has 0 aromatic heterocycles. The minimum absolute atomic E-state index is 0.197. The zero-order chi connectivity index (χ0) is 21.3. The number of carbonyl (C=O) groups excluding carboxylic acids is 2. The lowest BCUT2D eigenvalue weighted by molar-refractivity contribution is -0.112. The van der Waals surface area contributed by atoms with Crippen LogP contribution in [0.4, 0.5) is 0 Å². The Labute approximate surface area is 194 Å². The summed E-state index contributed by atoms with van der Waals surface area (Å²) in [5, 5.41) is 0.862. The molecule has 2 aliphatic rings. The number of hydrogen-bond acceptors (Lipinski definition) is 4. The van der Waals surface area contributed by atoms with Crippen LogP contribution < -0.4 is 0 Å². The van der Waals surface area contributed by atoms with Crippen LogP contribution in [0.2, 0.25) is 0 Å². The first-order chi connectivity index (χ1) is 14.8. The lowest BCUT2D eigenvalue weighted by Crippen LogP contribution is -2.22. The minimum atomic E-state index is 0.197. The maximum Gasteiger partial charge on any atom is 0.124 e. The van der Waals surface area contributed by atoms with Crippen molar-refractivity contribution >= 4 is 34.2 Å². The van der Waals surface area contributed by atoms with E-state index in [9.17, 15) is 9.59 Å². The van der Waals surface area contributed by atoms with E-state index >= 15 is 0 Å². The van der Waals surface area contributed by atoms with Crippen LogP contribution in [0, 0.1) is 11.8 Å². The molecule has 0 aromatic rings. The quantitative estimate of drug-likeness (QED) is 0.308. The smallest absolute Gasteiger partial charge is 0.124 e. The molecule has 4 unspecified atom stereocenters.